The van der Waals surface area contributed by atoms with Crippen LogP contribution >= 0.6 is 0 Å². The Labute approximate surface area is 123 Å². The smallest absolute Gasteiger partial charge is 0.549 e. The zero-order chi connectivity index (χ0) is 14.6. The fourth-order valence-electron chi connectivity index (χ4n) is 0.940. The number of carbonyl (C=O) groups is 2. The predicted octanol–water partition coefficient (Wildman–Crippen LogP) is -4.68. The van der Waals surface area contributed by atoms with Crippen molar-refractivity contribution in [2.24, 2.45) is 0 Å². The Morgan fingerprint density at radius 1 is 0.895 bits per heavy atom. The van der Waals surface area contributed by atoms with Crippen LogP contribution < -0.4 is 10.2 Å². The van der Waals surface area contributed by atoms with Gasteiger partial charge in [0.05, 0.1) is 25.2 Å². The number of rotatable bonds is 8. The molecule has 0 aliphatic carbocycles. The number of aliphatic hydroxyl groups excluding tert-OH is 2. The molecular formula is C10H20CuN2O6. The Balaban J connectivity index is -0.000000256. The maximum absolute atomic E-state index is 9.85. The Morgan fingerprint density at radius 2 is 1.16 bits per heavy atom. The van der Waals surface area contributed by atoms with E-state index in [0.717, 1.165) is 0 Å². The van der Waals surface area contributed by atoms with Crippen molar-refractivity contribution in [3.05, 3.63) is 0 Å². The molecule has 0 rings (SSSR count). The second-order valence-corrected chi connectivity index (χ2v) is 3.67. The van der Waals surface area contributed by atoms with Crippen LogP contribution in [0.3, 0.4) is 0 Å². The molecule has 0 saturated carbocycles. The number of aliphatic carboxylic acids is 2. The molecule has 0 aliphatic heterocycles. The van der Waals surface area contributed by atoms with Gasteiger partial charge in [-0.05, 0) is 14.1 Å². The van der Waals surface area contributed by atoms with E-state index in [2.05, 4.69) is 0 Å². The van der Waals surface area contributed by atoms with E-state index in [9.17, 15) is 19.8 Å². The number of carboxylic acids is 2. The molecule has 2 N–H and O–H groups in total. The summed E-state index contributed by atoms with van der Waals surface area (Å²) in [4.78, 5) is 22.6. The number of likely N-dealkylation sites (N-methyl/N-ethyl adjacent to an activating group) is 2. The molecule has 0 aliphatic rings. The summed E-state index contributed by atoms with van der Waals surface area (Å²) >= 11 is 0. The van der Waals surface area contributed by atoms with Gasteiger partial charge in [0.25, 0.3) is 0 Å². The van der Waals surface area contributed by atoms with E-state index in [-0.39, 0.29) is 43.4 Å². The van der Waals surface area contributed by atoms with E-state index in [1.165, 1.54) is 9.80 Å². The number of hydrogen-bond acceptors (Lipinski definition) is 8. The van der Waals surface area contributed by atoms with Crippen LogP contribution in [0.15, 0.2) is 0 Å². The summed E-state index contributed by atoms with van der Waals surface area (Å²) in [6.07, 6.45) is 0. The van der Waals surface area contributed by atoms with Gasteiger partial charge in [-0.15, -0.1) is 0 Å². The van der Waals surface area contributed by atoms with Crippen molar-refractivity contribution >= 4 is 11.9 Å². The number of carbonyl (C=O) groups excluding carboxylic acids is 2. The SMILES string of the molecule is CN(CCO)CC(=O)[O-].CN(CCO)CC(=O)[O-].[Cu+2]. The number of nitrogens with zero attached hydrogens (tertiary/aromatic N) is 2. The number of carboxylic acid groups (broad SMARTS) is 2. The van der Waals surface area contributed by atoms with Crippen LogP contribution in [0.2, 0.25) is 0 Å². The first-order chi connectivity index (χ1) is 8.33. The first-order valence-corrected chi connectivity index (χ1v) is 5.32. The van der Waals surface area contributed by atoms with E-state index in [1.807, 2.05) is 0 Å². The summed E-state index contributed by atoms with van der Waals surface area (Å²) in [5.74, 6) is -2.24. The molecule has 0 heterocycles. The predicted molar refractivity (Wildman–Crippen MR) is 59.2 cm³/mol. The van der Waals surface area contributed by atoms with E-state index in [1.54, 1.807) is 14.1 Å². The maximum Gasteiger partial charge on any atom is 2.00 e. The Kier molecular flexibility index (Phi) is 18.9. The van der Waals surface area contributed by atoms with Crippen molar-refractivity contribution in [2.75, 3.05) is 53.5 Å². The third-order valence-corrected chi connectivity index (χ3v) is 1.76. The van der Waals surface area contributed by atoms with Crippen LogP contribution in [-0.2, 0) is 26.7 Å². The van der Waals surface area contributed by atoms with E-state index >= 15 is 0 Å². The van der Waals surface area contributed by atoms with Crippen LogP contribution in [0.25, 0.3) is 0 Å². The molecule has 0 bridgehead atoms. The van der Waals surface area contributed by atoms with Gasteiger partial charge in [0.2, 0.25) is 0 Å². The average Bonchev–Trinajstić information content (AvgIpc) is 2.16. The molecular weight excluding hydrogens is 308 g/mol. The van der Waals surface area contributed by atoms with Crippen LogP contribution in [0.4, 0.5) is 0 Å². The molecule has 0 aromatic carbocycles. The third-order valence-electron chi connectivity index (χ3n) is 1.76. The van der Waals surface area contributed by atoms with Crippen molar-refractivity contribution < 1.29 is 47.1 Å². The molecule has 0 saturated heterocycles. The second-order valence-electron chi connectivity index (χ2n) is 3.67. The van der Waals surface area contributed by atoms with Gasteiger partial charge >= 0.3 is 17.1 Å². The quantitative estimate of drug-likeness (QED) is 0.426. The molecule has 0 aromatic rings. The zero-order valence-corrected chi connectivity index (χ0v) is 11.9. The van der Waals surface area contributed by atoms with Gasteiger partial charge in [-0.1, -0.05) is 0 Å². The maximum atomic E-state index is 9.85. The molecule has 0 atom stereocenters. The summed E-state index contributed by atoms with van der Waals surface area (Å²) in [7, 11) is 3.21. The fourth-order valence-corrected chi connectivity index (χ4v) is 0.940. The molecule has 117 valence electrons. The van der Waals surface area contributed by atoms with Crippen molar-refractivity contribution in [3.63, 3.8) is 0 Å². The van der Waals surface area contributed by atoms with Gasteiger partial charge in [-0.3, -0.25) is 9.80 Å². The summed E-state index contributed by atoms with van der Waals surface area (Å²) < 4.78 is 0. The van der Waals surface area contributed by atoms with Gasteiger partial charge in [0.1, 0.15) is 0 Å². The first kappa shape index (κ1) is 23.4. The normalized spacial score (nSPS) is 9.58. The zero-order valence-electron chi connectivity index (χ0n) is 11.0. The second kappa shape index (κ2) is 15.4. The van der Waals surface area contributed by atoms with E-state index in [4.69, 9.17) is 10.2 Å². The van der Waals surface area contributed by atoms with Gasteiger partial charge in [0, 0.05) is 26.2 Å². The summed E-state index contributed by atoms with van der Waals surface area (Å²) in [6.45, 7) is 0.441. The molecule has 9 heteroatoms. The Bertz CT molecular complexity index is 218. The number of aliphatic hydroxyl groups is 2. The van der Waals surface area contributed by atoms with Gasteiger partial charge in [-0.25, -0.2) is 0 Å². The molecule has 0 fully saturated rings. The number of hydrogen-bond donors (Lipinski definition) is 2. The van der Waals surface area contributed by atoms with Crippen LogP contribution in [0, 0.1) is 0 Å². The van der Waals surface area contributed by atoms with Gasteiger partial charge in [0.15, 0.2) is 0 Å². The first-order valence-electron chi connectivity index (χ1n) is 5.32. The van der Waals surface area contributed by atoms with Crippen molar-refractivity contribution in [1.29, 1.82) is 0 Å². The van der Waals surface area contributed by atoms with Crippen molar-refractivity contribution in [3.8, 4) is 0 Å². The molecule has 19 heavy (non-hydrogen) atoms. The van der Waals surface area contributed by atoms with Crippen LogP contribution in [0.5, 0.6) is 0 Å². The van der Waals surface area contributed by atoms with Gasteiger partial charge in [-0.2, -0.15) is 0 Å². The molecule has 0 aromatic heterocycles. The third kappa shape index (κ3) is 22.9. The Hall–Kier alpha value is -0.701. The summed E-state index contributed by atoms with van der Waals surface area (Å²) in [6, 6.07) is 0. The average molecular weight is 328 g/mol. The summed E-state index contributed by atoms with van der Waals surface area (Å²) in [5.41, 5.74) is 0. The van der Waals surface area contributed by atoms with Crippen LogP contribution in [0.1, 0.15) is 0 Å². The minimum absolute atomic E-state index is 0. The minimum atomic E-state index is -1.12. The molecule has 0 unspecified atom stereocenters. The van der Waals surface area contributed by atoms with E-state index < -0.39 is 11.9 Å². The monoisotopic (exact) mass is 327 g/mol. The molecule has 1 radical (unpaired) electrons. The minimum Gasteiger partial charge on any atom is -0.549 e. The van der Waals surface area contributed by atoms with E-state index in [0.29, 0.717) is 13.1 Å². The van der Waals surface area contributed by atoms with Crippen LogP contribution in [-0.4, -0.2) is 85.4 Å². The van der Waals surface area contributed by atoms with Crippen molar-refractivity contribution in [2.45, 2.75) is 0 Å². The topological polar surface area (TPSA) is 127 Å². The molecule has 0 amide bonds. The summed E-state index contributed by atoms with van der Waals surface area (Å²) in [5, 5.41) is 36.3. The largest absolute Gasteiger partial charge is 2.00 e. The fraction of sp³-hybridized carbons (Fsp3) is 0.800. The standard InChI is InChI=1S/2C5H11NO3.Cu/c2*1-6(2-3-7)4-5(8)9;/h2*7H,2-4H2,1H3,(H,8,9);/q;;+2/p-2. The van der Waals surface area contributed by atoms with Crippen molar-refractivity contribution in [1.82, 2.24) is 9.80 Å². The molecule has 0 spiro atoms. The molecule has 8 nitrogen and oxygen atoms in total. The van der Waals surface area contributed by atoms with Gasteiger partial charge < -0.3 is 30.0 Å². The Morgan fingerprint density at radius 3 is 1.32 bits per heavy atom.